The molecule has 1 unspecified atom stereocenters. The van der Waals surface area contributed by atoms with Crippen LogP contribution < -0.4 is 0 Å². The molecule has 0 radical (unpaired) electrons. The third kappa shape index (κ3) is 2.78. The van der Waals surface area contributed by atoms with E-state index in [4.69, 9.17) is 0 Å². The number of fused-ring (bicyclic) bond motifs is 1. The van der Waals surface area contributed by atoms with Crippen LogP contribution >= 0.6 is 0 Å². The number of rotatable bonds is 3. The van der Waals surface area contributed by atoms with Gasteiger partial charge in [-0.1, -0.05) is 25.0 Å². The lowest BCUT2D eigenvalue weighted by Crippen LogP contribution is -2.43. The van der Waals surface area contributed by atoms with Gasteiger partial charge < -0.3 is 4.98 Å². The summed E-state index contributed by atoms with van der Waals surface area (Å²) in [5.74, 6) is 1.10. The number of hydrogen-bond acceptors (Lipinski definition) is 3. The Morgan fingerprint density at radius 1 is 1.09 bits per heavy atom. The minimum atomic E-state index is -3.14. The van der Waals surface area contributed by atoms with Gasteiger partial charge in [0.1, 0.15) is 5.82 Å². The van der Waals surface area contributed by atoms with Gasteiger partial charge in [-0.25, -0.2) is 17.7 Å². The number of piperidine rings is 1. The van der Waals surface area contributed by atoms with Gasteiger partial charge in [-0.3, -0.25) is 0 Å². The first-order valence-corrected chi connectivity index (χ1v) is 10.1. The van der Waals surface area contributed by atoms with Crippen molar-refractivity contribution in [3.05, 3.63) is 30.1 Å². The van der Waals surface area contributed by atoms with Gasteiger partial charge in [-0.15, -0.1) is 0 Å². The Balaban J connectivity index is 1.56. The summed E-state index contributed by atoms with van der Waals surface area (Å²) in [4.78, 5) is 8.05. The van der Waals surface area contributed by atoms with Crippen molar-refractivity contribution in [3.8, 4) is 0 Å². The minimum Gasteiger partial charge on any atom is -0.342 e. The van der Waals surface area contributed by atoms with Crippen LogP contribution in [0.5, 0.6) is 0 Å². The fraction of sp³-hybridized carbons (Fsp3) is 0.588. The molecule has 1 saturated carbocycles. The molecule has 2 fully saturated rings. The smallest absolute Gasteiger partial charge is 0.217 e. The SMILES string of the molecule is O=S(=O)(C1CCCC1)N1CCCC(c2nc3ccccc3[nH]2)C1. The molecule has 1 aliphatic carbocycles. The van der Waals surface area contributed by atoms with Crippen LogP contribution in [0.15, 0.2) is 24.3 Å². The van der Waals surface area contributed by atoms with Gasteiger partial charge in [-0.05, 0) is 37.8 Å². The van der Waals surface area contributed by atoms with Crippen molar-refractivity contribution < 1.29 is 8.42 Å². The molecule has 23 heavy (non-hydrogen) atoms. The summed E-state index contributed by atoms with van der Waals surface area (Å²) in [5, 5.41) is -0.156. The molecule has 2 heterocycles. The first kappa shape index (κ1) is 15.1. The molecule has 4 rings (SSSR count). The van der Waals surface area contributed by atoms with Gasteiger partial charge in [0.15, 0.2) is 0 Å². The Bertz CT molecular complexity index is 760. The highest BCUT2D eigenvalue weighted by molar-refractivity contribution is 7.89. The maximum atomic E-state index is 12.8. The zero-order chi connectivity index (χ0) is 15.9. The van der Waals surface area contributed by atoms with Gasteiger partial charge in [-0.2, -0.15) is 0 Å². The Labute approximate surface area is 137 Å². The average Bonchev–Trinajstić information content (AvgIpc) is 3.24. The first-order chi connectivity index (χ1) is 11.1. The van der Waals surface area contributed by atoms with Crippen molar-refractivity contribution in [3.63, 3.8) is 0 Å². The number of aromatic nitrogens is 2. The predicted octanol–water partition coefficient (Wildman–Crippen LogP) is 3.01. The van der Waals surface area contributed by atoms with Crippen molar-refractivity contribution in [2.24, 2.45) is 0 Å². The minimum absolute atomic E-state index is 0.156. The largest absolute Gasteiger partial charge is 0.342 e. The number of para-hydroxylation sites is 2. The van der Waals surface area contributed by atoms with Crippen molar-refractivity contribution in [2.75, 3.05) is 13.1 Å². The van der Waals surface area contributed by atoms with E-state index in [1.165, 1.54) is 0 Å². The summed E-state index contributed by atoms with van der Waals surface area (Å²) in [7, 11) is -3.14. The highest BCUT2D eigenvalue weighted by Gasteiger charge is 2.37. The number of hydrogen-bond donors (Lipinski definition) is 1. The lowest BCUT2D eigenvalue weighted by molar-refractivity contribution is 0.307. The number of benzene rings is 1. The molecule has 1 aromatic carbocycles. The van der Waals surface area contributed by atoms with Crippen molar-refractivity contribution in [1.82, 2.24) is 14.3 Å². The van der Waals surface area contributed by atoms with Crippen LogP contribution in [-0.2, 0) is 10.0 Å². The van der Waals surface area contributed by atoms with E-state index in [-0.39, 0.29) is 11.2 Å². The molecule has 0 spiro atoms. The highest BCUT2D eigenvalue weighted by atomic mass is 32.2. The molecule has 6 heteroatoms. The molecule has 1 atom stereocenters. The molecular formula is C17H23N3O2S. The van der Waals surface area contributed by atoms with E-state index in [1.807, 2.05) is 24.3 Å². The number of imidazole rings is 1. The molecule has 0 amide bonds. The molecule has 1 aliphatic heterocycles. The molecule has 0 bridgehead atoms. The molecular weight excluding hydrogens is 310 g/mol. The van der Waals surface area contributed by atoms with E-state index < -0.39 is 10.0 Å². The predicted molar refractivity (Wildman–Crippen MR) is 90.8 cm³/mol. The number of aromatic amines is 1. The number of sulfonamides is 1. The maximum Gasteiger partial charge on any atom is 0.217 e. The fourth-order valence-electron chi connectivity index (χ4n) is 3.96. The molecule has 1 saturated heterocycles. The number of nitrogens with zero attached hydrogens (tertiary/aromatic N) is 2. The van der Waals surface area contributed by atoms with E-state index in [2.05, 4.69) is 9.97 Å². The summed E-state index contributed by atoms with van der Waals surface area (Å²) in [6, 6.07) is 7.97. The lowest BCUT2D eigenvalue weighted by atomic mass is 9.99. The van der Waals surface area contributed by atoms with Crippen LogP contribution in [0.25, 0.3) is 11.0 Å². The average molecular weight is 333 g/mol. The second kappa shape index (κ2) is 5.91. The molecule has 124 valence electrons. The Hall–Kier alpha value is -1.40. The second-order valence-corrected chi connectivity index (χ2v) is 9.00. The monoisotopic (exact) mass is 333 g/mol. The van der Waals surface area contributed by atoms with Crippen molar-refractivity contribution in [1.29, 1.82) is 0 Å². The standard InChI is InChI=1S/C17H23N3O2S/c21-23(22,14-7-1-2-8-14)20-11-5-6-13(12-20)17-18-15-9-3-4-10-16(15)19-17/h3-4,9-10,13-14H,1-2,5-8,11-12H2,(H,18,19). The van der Waals surface area contributed by atoms with Crippen LogP contribution in [0, 0.1) is 0 Å². The third-order valence-electron chi connectivity index (χ3n) is 5.26. The number of H-pyrrole nitrogens is 1. The Morgan fingerprint density at radius 2 is 1.87 bits per heavy atom. The van der Waals surface area contributed by atoms with Crippen LogP contribution in [0.2, 0.25) is 0 Å². The Kier molecular flexibility index (Phi) is 3.89. The van der Waals surface area contributed by atoms with Gasteiger partial charge in [0.2, 0.25) is 10.0 Å². The van der Waals surface area contributed by atoms with Gasteiger partial charge in [0.05, 0.1) is 16.3 Å². The zero-order valence-corrected chi connectivity index (χ0v) is 14.1. The summed E-state index contributed by atoms with van der Waals surface area (Å²) in [5.41, 5.74) is 1.98. The summed E-state index contributed by atoms with van der Waals surface area (Å²) >= 11 is 0. The molecule has 2 aliphatic rings. The third-order valence-corrected chi connectivity index (χ3v) is 7.63. The van der Waals surface area contributed by atoms with Crippen LogP contribution in [0.3, 0.4) is 0 Å². The van der Waals surface area contributed by atoms with E-state index >= 15 is 0 Å². The first-order valence-electron chi connectivity index (χ1n) is 8.58. The van der Waals surface area contributed by atoms with E-state index in [0.717, 1.165) is 55.4 Å². The van der Waals surface area contributed by atoms with Gasteiger partial charge >= 0.3 is 0 Å². The summed E-state index contributed by atoms with van der Waals surface area (Å²) in [6.45, 7) is 1.23. The second-order valence-electron chi connectivity index (χ2n) is 6.79. The topological polar surface area (TPSA) is 66.1 Å². The van der Waals surface area contributed by atoms with Crippen LogP contribution in [-0.4, -0.2) is 41.0 Å². The zero-order valence-electron chi connectivity index (χ0n) is 13.2. The summed E-state index contributed by atoms with van der Waals surface area (Å²) in [6.07, 6.45) is 5.65. The lowest BCUT2D eigenvalue weighted by Gasteiger charge is -2.32. The van der Waals surface area contributed by atoms with Crippen molar-refractivity contribution in [2.45, 2.75) is 49.7 Å². The molecule has 1 N–H and O–H groups in total. The summed E-state index contributed by atoms with van der Waals surface area (Å²) < 4.78 is 27.4. The van der Waals surface area contributed by atoms with Crippen LogP contribution in [0.4, 0.5) is 0 Å². The van der Waals surface area contributed by atoms with E-state index in [1.54, 1.807) is 4.31 Å². The van der Waals surface area contributed by atoms with Crippen molar-refractivity contribution >= 4 is 21.1 Å². The molecule has 5 nitrogen and oxygen atoms in total. The quantitative estimate of drug-likeness (QED) is 0.939. The Morgan fingerprint density at radius 3 is 2.65 bits per heavy atom. The van der Waals surface area contributed by atoms with Crippen LogP contribution in [0.1, 0.15) is 50.3 Å². The number of nitrogens with one attached hydrogen (secondary N) is 1. The van der Waals surface area contributed by atoms with Gasteiger partial charge in [0.25, 0.3) is 0 Å². The van der Waals surface area contributed by atoms with E-state index in [9.17, 15) is 8.42 Å². The van der Waals surface area contributed by atoms with E-state index in [0.29, 0.717) is 13.1 Å². The molecule has 1 aromatic heterocycles. The van der Waals surface area contributed by atoms with Gasteiger partial charge in [0, 0.05) is 19.0 Å². The highest BCUT2D eigenvalue weighted by Crippen LogP contribution is 2.32. The maximum absolute atomic E-state index is 12.8. The fourth-order valence-corrected chi connectivity index (χ4v) is 6.08. The molecule has 2 aromatic rings. The normalized spacial score (nSPS) is 24.4.